The Kier molecular flexibility index (Phi) is 2.90. The van der Waals surface area contributed by atoms with E-state index in [0.29, 0.717) is 5.56 Å². The third kappa shape index (κ3) is 1.98. The molecule has 2 N–H and O–H groups in total. The van der Waals surface area contributed by atoms with E-state index >= 15 is 0 Å². The Bertz CT molecular complexity index is 709. The maximum absolute atomic E-state index is 11.4. The Morgan fingerprint density at radius 2 is 1.94 bits per heavy atom. The number of benzene rings is 1. The second-order valence-electron chi connectivity index (χ2n) is 4.20. The lowest BCUT2D eigenvalue weighted by molar-refractivity contribution is 0.450. The summed E-state index contributed by atoms with van der Waals surface area (Å²) in [5, 5.41) is 18.7. The van der Waals surface area contributed by atoms with Crippen LogP contribution in [0.5, 0.6) is 5.88 Å². The van der Waals surface area contributed by atoms with Gasteiger partial charge in [-0.1, -0.05) is 23.8 Å². The van der Waals surface area contributed by atoms with Crippen LogP contribution in [0.15, 0.2) is 29.1 Å². The van der Waals surface area contributed by atoms with Crippen LogP contribution in [0.25, 0.3) is 11.1 Å². The maximum atomic E-state index is 11.4. The van der Waals surface area contributed by atoms with Gasteiger partial charge in [-0.05, 0) is 25.0 Å². The largest absolute Gasteiger partial charge is 0.494 e. The van der Waals surface area contributed by atoms with Gasteiger partial charge in [0.1, 0.15) is 11.6 Å². The summed E-state index contributed by atoms with van der Waals surface area (Å²) in [5.41, 5.74) is 2.94. The van der Waals surface area contributed by atoms with Gasteiger partial charge < -0.3 is 5.11 Å². The molecule has 18 heavy (non-hydrogen) atoms. The lowest BCUT2D eigenvalue weighted by Crippen LogP contribution is -2.06. The summed E-state index contributed by atoms with van der Waals surface area (Å²) in [5.74, 6) is -0.389. The lowest BCUT2D eigenvalue weighted by atomic mass is 9.96. The number of hydrogen-bond acceptors (Lipinski definition) is 3. The highest BCUT2D eigenvalue weighted by molar-refractivity contribution is 5.74. The number of H-pyrrole nitrogens is 1. The number of hydrogen-bond donors (Lipinski definition) is 2. The summed E-state index contributed by atoms with van der Waals surface area (Å²) < 4.78 is 0. The molecule has 2 rings (SSSR count). The molecule has 1 heterocycles. The zero-order chi connectivity index (χ0) is 13.3. The summed E-state index contributed by atoms with van der Waals surface area (Å²) in [4.78, 5) is 13.6. The van der Waals surface area contributed by atoms with Crippen molar-refractivity contribution in [3.05, 3.63) is 51.3 Å². The molecular formula is C14H12N2O2. The first kappa shape index (κ1) is 11.9. The van der Waals surface area contributed by atoms with Crippen molar-refractivity contribution in [1.82, 2.24) is 4.98 Å². The molecule has 4 heteroatoms. The lowest BCUT2D eigenvalue weighted by Gasteiger charge is -2.09. The van der Waals surface area contributed by atoms with E-state index < -0.39 is 5.56 Å². The minimum absolute atomic E-state index is 0.0848. The number of aromatic nitrogens is 1. The number of aryl methyl sites for hydroxylation is 2. The van der Waals surface area contributed by atoms with Crippen molar-refractivity contribution in [1.29, 1.82) is 5.26 Å². The topological polar surface area (TPSA) is 76.9 Å². The van der Waals surface area contributed by atoms with Crippen molar-refractivity contribution in [3.63, 3.8) is 0 Å². The normalized spacial score (nSPS) is 10.1. The molecular weight excluding hydrogens is 228 g/mol. The standard InChI is InChI=1S/C14H12N2O2/c1-8-3-4-10(9(2)5-8)11-6-13(17)16-14(18)12(11)7-15/h3-6H,1-2H3,(H2,16,17,18). The summed E-state index contributed by atoms with van der Waals surface area (Å²) in [6, 6.07) is 8.96. The van der Waals surface area contributed by atoms with E-state index in [9.17, 15) is 9.90 Å². The fourth-order valence-electron chi connectivity index (χ4n) is 1.99. The van der Waals surface area contributed by atoms with E-state index in [4.69, 9.17) is 5.26 Å². The van der Waals surface area contributed by atoms with Crippen LogP contribution in [-0.4, -0.2) is 10.1 Å². The average molecular weight is 240 g/mol. The minimum atomic E-state index is -0.429. The van der Waals surface area contributed by atoms with E-state index in [1.807, 2.05) is 38.1 Å². The molecule has 0 radical (unpaired) electrons. The SMILES string of the molecule is Cc1ccc(-c2cc(=O)[nH]c(O)c2C#N)c(C)c1. The number of aromatic hydroxyl groups is 1. The highest BCUT2D eigenvalue weighted by Crippen LogP contribution is 2.29. The predicted molar refractivity (Wildman–Crippen MR) is 68.4 cm³/mol. The van der Waals surface area contributed by atoms with Gasteiger partial charge >= 0.3 is 0 Å². The highest BCUT2D eigenvalue weighted by atomic mass is 16.3. The molecule has 0 atom stereocenters. The number of nitriles is 1. The van der Waals surface area contributed by atoms with E-state index in [-0.39, 0.29) is 11.4 Å². The number of aromatic amines is 1. The smallest absolute Gasteiger partial charge is 0.251 e. The predicted octanol–water partition coefficient (Wildman–Crippen LogP) is 2.24. The molecule has 0 aliphatic rings. The van der Waals surface area contributed by atoms with Gasteiger partial charge in [0.15, 0.2) is 0 Å². The fraction of sp³-hybridized carbons (Fsp3) is 0.143. The van der Waals surface area contributed by atoms with Crippen LogP contribution in [0, 0.1) is 25.2 Å². The molecule has 0 fully saturated rings. The Hall–Kier alpha value is -2.54. The Labute approximate surface area is 104 Å². The van der Waals surface area contributed by atoms with Crippen LogP contribution >= 0.6 is 0 Å². The van der Waals surface area contributed by atoms with Crippen LogP contribution in [0.2, 0.25) is 0 Å². The third-order valence-corrected chi connectivity index (χ3v) is 2.81. The first-order valence-corrected chi connectivity index (χ1v) is 5.47. The van der Waals surface area contributed by atoms with Gasteiger partial charge in [-0.15, -0.1) is 0 Å². The van der Waals surface area contributed by atoms with Crippen molar-refractivity contribution < 1.29 is 5.11 Å². The molecule has 0 unspecified atom stereocenters. The summed E-state index contributed by atoms with van der Waals surface area (Å²) in [6.07, 6.45) is 0. The zero-order valence-corrected chi connectivity index (χ0v) is 10.1. The van der Waals surface area contributed by atoms with Crippen LogP contribution in [-0.2, 0) is 0 Å². The van der Waals surface area contributed by atoms with Crippen LogP contribution < -0.4 is 5.56 Å². The molecule has 0 amide bonds. The van der Waals surface area contributed by atoms with E-state index in [1.54, 1.807) is 0 Å². The molecule has 0 spiro atoms. The molecule has 1 aromatic heterocycles. The monoisotopic (exact) mass is 240 g/mol. The van der Waals surface area contributed by atoms with Crippen molar-refractivity contribution >= 4 is 0 Å². The Morgan fingerprint density at radius 3 is 2.56 bits per heavy atom. The van der Waals surface area contributed by atoms with Gasteiger partial charge in [0.2, 0.25) is 5.88 Å². The van der Waals surface area contributed by atoms with Gasteiger partial charge in [-0.2, -0.15) is 5.26 Å². The first-order valence-electron chi connectivity index (χ1n) is 5.47. The first-order chi connectivity index (χ1) is 8.52. The number of nitrogens with zero attached hydrogens (tertiary/aromatic N) is 1. The quantitative estimate of drug-likeness (QED) is 0.802. The van der Waals surface area contributed by atoms with Crippen molar-refractivity contribution in [2.24, 2.45) is 0 Å². The number of pyridine rings is 1. The minimum Gasteiger partial charge on any atom is -0.494 e. The number of rotatable bonds is 1. The Morgan fingerprint density at radius 1 is 1.22 bits per heavy atom. The van der Waals surface area contributed by atoms with E-state index in [0.717, 1.165) is 16.7 Å². The number of nitrogens with one attached hydrogen (secondary N) is 1. The molecule has 0 aliphatic carbocycles. The van der Waals surface area contributed by atoms with Crippen molar-refractivity contribution in [2.45, 2.75) is 13.8 Å². The van der Waals surface area contributed by atoms with Crippen molar-refractivity contribution in [3.8, 4) is 23.1 Å². The maximum Gasteiger partial charge on any atom is 0.251 e. The van der Waals surface area contributed by atoms with Gasteiger partial charge in [-0.3, -0.25) is 9.78 Å². The average Bonchev–Trinajstić information content (AvgIpc) is 2.28. The van der Waals surface area contributed by atoms with Gasteiger partial charge in [-0.25, -0.2) is 0 Å². The van der Waals surface area contributed by atoms with Gasteiger partial charge in [0.05, 0.1) is 0 Å². The molecule has 2 aromatic rings. The molecule has 90 valence electrons. The Balaban J connectivity index is 2.79. The van der Waals surface area contributed by atoms with Gasteiger partial charge in [0, 0.05) is 11.6 Å². The summed E-state index contributed by atoms with van der Waals surface area (Å²) in [6.45, 7) is 3.87. The van der Waals surface area contributed by atoms with Crippen molar-refractivity contribution in [2.75, 3.05) is 0 Å². The second kappa shape index (κ2) is 4.38. The van der Waals surface area contributed by atoms with Crippen LogP contribution in [0.3, 0.4) is 0 Å². The summed E-state index contributed by atoms with van der Waals surface area (Å²) in [7, 11) is 0. The highest BCUT2D eigenvalue weighted by Gasteiger charge is 2.13. The van der Waals surface area contributed by atoms with Crippen LogP contribution in [0.1, 0.15) is 16.7 Å². The molecule has 1 aromatic carbocycles. The van der Waals surface area contributed by atoms with E-state index in [2.05, 4.69) is 4.98 Å². The summed E-state index contributed by atoms with van der Waals surface area (Å²) >= 11 is 0. The fourth-order valence-corrected chi connectivity index (χ4v) is 1.99. The van der Waals surface area contributed by atoms with Gasteiger partial charge in [0.25, 0.3) is 5.56 Å². The van der Waals surface area contributed by atoms with E-state index in [1.165, 1.54) is 6.07 Å². The molecule has 0 aliphatic heterocycles. The van der Waals surface area contributed by atoms with Crippen LogP contribution in [0.4, 0.5) is 0 Å². The third-order valence-electron chi connectivity index (χ3n) is 2.81. The molecule has 0 saturated carbocycles. The molecule has 4 nitrogen and oxygen atoms in total. The zero-order valence-electron chi connectivity index (χ0n) is 10.1. The molecule has 0 bridgehead atoms. The molecule has 0 saturated heterocycles. The second-order valence-corrected chi connectivity index (χ2v) is 4.20.